The van der Waals surface area contributed by atoms with Crippen LogP contribution in [0.5, 0.6) is 0 Å². The van der Waals surface area contributed by atoms with Gasteiger partial charge in [-0.1, -0.05) is 72.4 Å². The van der Waals surface area contributed by atoms with Crippen molar-refractivity contribution < 1.29 is 18.0 Å². The van der Waals surface area contributed by atoms with E-state index in [1.54, 1.807) is 0 Å². The van der Waals surface area contributed by atoms with E-state index < -0.39 is 17.6 Å². The molecule has 3 nitrogen and oxygen atoms in total. The van der Waals surface area contributed by atoms with Crippen LogP contribution in [0.4, 0.5) is 18.9 Å². The fourth-order valence-corrected chi connectivity index (χ4v) is 4.19. The molecule has 32 heavy (non-hydrogen) atoms. The van der Waals surface area contributed by atoms with Crippen LogP contribution in [0.25, 0.3) is 10.9 Å². The first kappa shape index (κ1) is 21.9. The van der Waals surface area contributed by atoms with Crippen molar-refractivity contribution in [3.63, 3.8) is 0 Å². The zero-order chi connectivity index (χ0) is 22.6. The van der Waals surface area contributed by atoms with Gasteiger partial charge < -0.3 is 5.32 Å². The maximum atomic E-state index is 13.2. The predicted molar refractivity (Wildman–Crippen MR) is 122 cm³/mol. The summed E-state index contributed by atoms with van der Waals surface area (Å²) in [5.41, 5.74) is 1.75. The normalized spacial score (nSPS) is 11.5. The Morgan fingerprint density at radius 3 is 2.38 bits per heavy atom. The average molecular weight is 453 g/mol. The zero-order valence-electron chi connectivity index (χ0n) is 16.9. The molecule has 1 aromatic heterocycles. The smallest absolute Gasteiger partial charge is 0.325 e. The SMILES string of the molecule is O=C(CSc1nc2ccccc2cc1Cc1ccccc1)Nc1ccccc1C(F)(F)F. The molecule has 0 aliphatic carbocycles. The molecule has 1 N–H and O–H groups in total. The highest BCUT2D eigenvalue weighted by molar-refractivity contribution is 8.00. The number of rotatable bonds is 6. The number of alkyl halides is 3. The van der Waals surface area contributed by atoms with Crippen molar-refractivity contribution in [3.05, 3.63) is 102 Å². The molecule has 0 unspecified atom stereocenters. The summed E-state index contributed by atoms with van der Waals surface area (Å²) in [7, 11) is 0. The van der Waals surface area contributed by atoms with Crippen LogP contribution in [0.2, 0.25) is 0 Å². The molecule has 1 amide bonds. The number of carbonyl (C=O) groups excluding carboxylic acids is 1. The minimum absolute atomic E-state index is 0.0562. The number of fused-ring (bicyclic) bond motifs is 1. The second-order valence-electron chi connectivity index (χ2n) is 7.19. The van der Waals surface area contributed by atoms with Crippen LogP contribution >= 0.6 is 11.8 Å². The minimum atomic E-state index is -4.54. The molecular weight excluding hydrogens is 433 g/mol. The molecule has 4 aromatic rings. The molecule has 0 bridgehead atoms. The van der Waals surface area contributed by atoms with Crippen LogP contribution < -0.4 is 5.32 Å². The lowest BCUT2D eigenvalue weighted by Gasteiger charge is -2.14. The van der Waals surface area contributed by atoms with Gasteiger partial charge in [0.15, 0.2) is 0 Å². The van der Waals surface area contributed by atoms with Crippen LogP contribution in [0.15, 0.2) is 90.0 Å². The summed E-state index contributed by atoms with van der Waals surface area (Å²) in [6.07, 6.45) is -3.90. The molecular formula is C25H19F3N2OS. The number of carbonyl (C=O) groups is 1. The van der Waals surface area contributed by atoms with E-state index in [4.69, 9.17) is 4.98 Å². The molecule has 0 radical (unpaired) electrons. The van der Waals surface area contributed by atoms with E-state index in [1.807, 2.05) is 54.6 Å². The third-order valence-corrected chi connectivity index (χ3v) is 5.88. The summed E-state index contributed by atoms with van der Waals surface area (Å²) < 4.78 is 39.6. The molecule has 0 saturated heterocycles. The van der Waals surface area contributed by atoms with Crippen molar-refractivity contribution in [2.75, 3.05) is 11.1 Å². The van der Waals surface area contributed by atoms with Crippen LogP contribution in [0.1, 0.15) is 16.7 Å². The lowest BCUT2D eigenvalue weighted by atomic mass is 10.0. The fraction of sp³-hybridized carbons (Fsp3) is 0.120. The average Bonchev–Trinajstić information content (AvgIpc) is 2.78. The topological polar surface area (TPSA) is 42.0 Å². The molecule has 0 fully saturated rings. The summed E-state index contributed by atoms with van der Waals surface area (Å²) >= 11 is 1.22. The summed E-state index contributed by atoms with van der Waals surface area (Å²) in [6.45, 7) is 0. The molecule has 1 heterocycles. The molecule has 4 rings (SSSR count). The van der Waals surface area contributed by atoms with Gasteiger partial charge in [0.05, 0.1) is 22.5 Å². The first-order valence-corrected chi connectivity index (χ1v) is 10.9. The van der Waals surface area contributed by atoms with Gasteiger partial charge in [0.1, 0.15) is 5.03 Å². The number of hydrogen-bond donors (Lipinski definition) is 1. The number of aromatic nitrogens is 1. The maximum Gasteiger partial charge on any atom is 0.418 e. The number of para-hydroxylation sites is 2. The van der Waals surface area contributed by atoms with Crippen molar-refractivity contribution in [2.45, 2.75) is 17.6 Å². The van der Waals surface area contributed by atoms with Crippen LogP contribution in [-0.2, 0) is 17.4 Å². The highest BCUT2D eigenvalue weighted by Crippen LogP contribution is 2.35. The van der Waals surface area contributed by atoms with E-state index in [9.17, 15) is 18.0 Å². The summed E-state index contributed by atoms with van der Waals surface area (Å²) in [4.78, 5) is 17.2. The molecule has 0 aliphatic rings. The second kappa shape index (κ2) is 9.44. The van der Waals surface area contributed by atoms with E-state index in [1.165, 1.54) is 30.0 Å². The quantitative estimate of drug-likeness (QED) is 0.336. The second-order valence-corrected chi connectivity index (χ2v) is 8.15. The van der Waals surface area contributed by atoms with Gasteiger partial charge in [0.25, 0.3) is 0 Å². The van der Waals surface area contributed by atoms with Crippen LogP contribution in [-0.4, -0.2) is 16.6 Å². The molecule has 0 aliphatic heterocycles. The van der Waals surface area contributed by atoms with Crippen molar-refractivity contribution >= 4 is 34.3 Å². The maximum absolute atomic E-state index is 13.2. The van der Waals surface area contributed by atoms with E-state index in [2.05, 4.69) is 11.4 Å². The summed E-state index contributed by atoms with van der Waals surface area (Å²) in [5.74, 6) is -0.577. The number of amides is 1. The first-order valence-electron chi connectivity index (χ1n) is 9.91. The van der Waals surface area contributed by atoms with Gasteiger partial charge in [-0.3, -0.25) is 4.79 Å². The fourth-order valence-electron chi connectivity index (χ4n) is 3.37. The lowest BCUT2D eigenvalue weighted by Crippen LogP contribution is -2.18. The number of halogens is 3. The third kappa shape index (κ3) is 5.29. The Balaban J connectivity index is 1.55. The highest BCUT2D eigenvalue weighted by atomic mass is 32.2. The van der Waals surface area contributed by atoms with Crippen molar-refractivity contribution in [1.82, 2.24) is 4.98 Å². The van der Waals surface area contributed by atoms with Gasteiger partial charge in [-0.2, -0.15) is 13.2 Å². The van der Waals surface area contributed by atoms with Gasteiger partial charge in [0, 0.05) is 11.8 Å². The van der Waals surface area contributed by atoms with Crippen molar-refractivity contribution in [3.8, 4) is 0 Å². The molecule has 0 atom stereocenters. The van der Waals surface area contributed by atoms with Gasteiger partial charge >= 0.3 is 6.18 Å². The highest BCUT2D eigenvalue weighted by Gasteiger charge is 2.33. The van der Waals surface area contributed by atoms with E-state index >= 15 is 0 Å². The Bertz CT molecular complexity index is 1240. The number of anilines is 1. The van der Waals surface area contributed by atoms with Crippen LogP contribution in [0.3, 0.4) is 0 Å². The van der Waals surface area contributed by atoms with Crippen molar-refractivity contribution in [2.24, 2.45) is 0 Å². The van der Waals surface area contributed by atoms with Gasteiger partial charge in [-0.25, -0.2) is 4.98 Å². The monoisotopic (exact) mass is 452 g/mol. The van der Waals surface area contributed by atoms with E-state index in [0.29, 0.717) is 11.4 Å². The Kier molecular flexibility index (Phi) is 6.46. The van der Waals surface area contributed by atoms with Crippen LogP contribution in [0, 0.1) is 0 Å². The summed E-state index contributed by atoms with van der Waals surface area (Å²) in [5, 5.41) is 4.06. The van der Waals surface area contributed by atoms with Gasteiger partial charge in [-0.15, -0.1) is 0 Å². The standard InChI is InChI=1S/C25H19F3N2OS/c26-25(27,28)20-11-5-7-13-22(20)29-23(31)16-32-24-19(14-17-8-2-1-3-9-17)15-18-10-4-6-12-21(18)30-24/h1-13,15H,14,16H2,(H,29,31). The number of nitrogens with one attached hydrogen (secondary N) is 1. The Morgan fingerprint density at radius 2 is 1.59 bits per heavy atom. The molecule has 162 valence electrons. The lowest BCUT2D eigenvalue weighted by molar-refractivity contribution is -0.137. The molecule has 7 heteroatoms. The molecule has 0 spiro atoms. The van der Waals surface area contributed by atoms with Gasteiger partial charge in [0.2, 0.25) is 5.91 Å². The predicted octanol–water partition coefficient (Wildman–Crippen LogP) is 6.58. The Labute approximate surface area is 187 Å². The number of pyridine rings is 1. The van der Waals surface area contributed by atoms with E-state index in [0.717, 1.165) is 28.1 Å². The van der Waals surface area contributed by atoms with Gasteiger partial charge in [-0.05, 0) is 35.4 Å². The Hall–Kier alpha value is -3.32. The first-order chi connectivity index (χ1) is 15.4. The molecule has 3 aromatic carbocycles. The number of hydrogen-bond acceptors (Lipinski definition) is 3. The van der Waals surface area contributed by atoms with Crippen molar-refractivity contribution in [1.29, 1.82) is 0 Å². The number of nitrogens with zero attached hydrogens (tertiary/aromatic N) is 1. The largest absolute Gasteiger partial charge is 0.418 e. The minimum Gasteiger partial charge on any atom is -0.325 e. The zero-order valence-corrected chi connectivity index (χ0v) is 17.7. The number of thioether (sulfide) groups is 1. The third-order valence-electron chi connectivity index (χ3n) is 4.85. The molecule has 0 saturated carbocycles. The van der Waals surface area contributed by atoms with E-state index in [-0.39, 0.29) is 11.4 Å². The number of benzene rings is 3. The Morgan fingerprint density at radius 1 is 0.906 bits per heavy atom. The summed E-state index contributed by atoms with van der Waals surface area (Å²) in [6, 6.07) is 24.6.